The minimum atomic E-state index is -0.528. The summed E-state index contributed by atoms with van der Waals surface area (Å²) < 4.78 is 28.3. The number of nitrogens with one attached hydrogen (secondary N) is 1. The number of nitrogens with zero attached hydrogens (tertiary/aromatic N) is 5. The third-order valence-corrected chi connectivity index (χ3v) is 7.23. The number of rotatable bonds is 7. The predicted octanol–water partition coefficient (Wildman–Crippen LogP) is 6.76. The number of ether oxygens (including phenoxy) is 1. The van der Waals surface area contributed by atoms with Crippen LogP contribution in [-0.2, 0) is 17.4 Å². The molecular formula is C28H32ClFN6O2. The lowest BCUT2D eigenvalue weighted by Gasteiger charge is -2.37. The summed E-state index contributed by atoms with van der Waals surface area (Å²) in [4.78, 5) is 4.91. The second kappa shape index (κ2) is 10.4. The number of anilines is 2. The van der Waals surface area contributed by atoms with E-state index in [1.165, 1.54) is 6.07 Å². The van der Waals surface area contributed by atoms with Gasteiger partial charge in [0.1, 0.15) is 11.6 Å². The molecule has 3 heterocycles. The minimum Gasteiger partial charge on any atom is -0.487 e. The van der Waals surface area contributed by atoms with Gasteiger partial charge in [0.25, 0.3) is 0 Å². The first kappa shape index (κ1) is 26.2. The quantitative estimate of drug-likeness (QED) is 0.278. The molecule has 1 aliphatic carbocycles. The lowest BCUT2D eigenvalue weighted by molar-refractivity contribution is 0.0992. The second-order valence-electron chi connectivity index (χ2n) is 10.9. The van der Waals surface area contributed by atoms with Crippen molar-refractivity contribution in [2.24, 2.45) is 0 Å². The number of aromatic nitrogens is 5. The van der Waals surface area contributed by atoms with Crippen LogP contribution >= 0.6 is 11.6 Å². The van der Waals surface area contributed by atoms with Crippen LogP contribution in [0.25, 0.3) is 0 Å². The Hall–Kier alpha value is -3.46. The van der Waals surface area contributed by atoms with E-state index in [1.807, 2.05) is 28.9 Å². The Bertz CT molecular complexity index is 1400. The van der Waals surface area contributed by atoms with Crippen molar-refractivity contribution in [3.63, 3.8) is 0 Å². The molecule has 1 fully saturated rings. The van der Waals surface area contributed by atoms with Gasteiger partial charge in [-0.15, -0.1) is 10.2 Å². The van der Waals surface area contributed by atoms with E-state index in [0.29, 0.717) is 31.0 Å². The zero-order valence-corrected chi connectivity index (χ0v) is 22.8. The third kappa shape index (κ3) is 5.53. The van der Waals surface area contributed by atoms with Crippen LogP contribution in [0.15, 0.2) is 53.1 Å². The number of hydrogen-bond acceptors (Lipinski definition) is 7. The maximum atomic E-state index is 14.4. The summed E-state index contributed by atoms with van der Waals surface area (Å²) in [6.07, 6.45) is 5.14. The summed E-state index contributed by atoms with van der Waals surface area (Å²) >= 11 is 5.94. The summed E-state index contributed by atoms with van der Waals surface area (Å²) in [7, 11) is 0. The molecule has 0 spiro atoms. The fourth-order valence-corrected chi connectivity index (χ4v) is 5.22. The van der Waals surface area contributed by atoms with E-state index in [2.05, 4.69) is 41.4 Å². The van der Waals surface area contributed by atoms with Crippen LogP contribution in [0, 0.1) is 12.7 Å². The van der Waals surface area contributed by atoms with E-state index in [0.717, 1.165) is 30.2 Å². The van der Waals surface area contributed by atoms with Gasteiger partial charge in [0, 0.05) is 25.1 Å². The Morgan fingerprint density at radius 2 is 1.89 bits per heavy atom. The van der Waals surface area contributed by atoms with Crippen molar-refractivity contribution in [2.45, 2.75) is 76.9 Å². The molecule has 0 unspecified atom stereocenters. The molecule has 0 saturated heterocycles. The van der Waals surface area contributed by atoms with Gasteiger partial charge in [-0.05, 0) is 70.7 Å². The van der Waals surface area contributed by atoms with Gasteiger partial charge in [0.2, 0.25) is 11.8 Å². The molecule has 1 N–H and O–H groups in total. The second-order valence-corrected chi connectivity index (χ2v) is 11.3. The summed E-state index contributed by atoms with van der Waals surface area (Å²) in [6.45, 7) is 8.10. The highest BCUT2D eigenvalue weighted by Crippen LogP contribution is 2.43. The number of halogens is 2. The Labute approximate surface area is 226 Å². The molecule has 1 aromatic carbocycles. The summed E-state index contributed by atoms with van der Waals surface area (Å²) in [5.41, 5.74) is 0.345. The van der Waals surface area contributed by atoms with Crippen molar-refractivity contribution < 1.29 is 13.5 Å². The van der Waals surface area contributed by atoms with Gasteiger partial charge in [0.05, 0.1) is 28.3 Å². The topological polar surface area (TPSA) is 90.9 Å². The van der Waals surface area contributed by atoms with E-state index in [4.69, 9.17) is 25.7 Å². The first-order chi connectivity index (χ1) is 18.1. The van der Waals surface area contributed by atoms with Crippen LogP contribution in [0.5, 0.6) is 5.75 Å². The lowest BCUT2D eigenvalue weighted by Crippen LogP contribution is -2.38. The van der Waals surface area contributed by atoms with Gasteiger partial charge in [-0.25, -0.2) is 14.1 Å². The van der Waals surface area contributed by atoms with Crippen LogP contribution in [0.2, 0.25) is 5.02 Å². The van der Waals surface area contributed by atoms with Gasteiger partial charge in [-0.3, -0.25) is 0 Å². The largest absolute Gasteiger partial charge is 0.487 e. The van der Waals surface area contributed by atoms with Crippen molar-refractivity contribution in [3.05, 3.63) is 77.0 Å². The van der Waals surface area contributed by atoms with E-state index >= 15 is 0 Å². The van der Waals surface area contributed by atoms with Crippen LogP contribution in [-0.4, -0.2) is 31.1 Å². The Morgan fingerprint density at radius 3 is 2.61 bits per heavy atom. The van der Waals surface area contributed by atoms with Gasteiger partial charge >= 0.3 is 0 Å². The van der Waals surface area contributed by atoms with Crippen molar-refractivity contribution in [2.75, 3.05) is 5.32 Å². The molecule has 1 aliphatic rings. The third-order valence-electron chi connectivity index (χ3n) is 6.94. The number of benzene rings is 1. The molecule has 3 aromatic heterocycles. The normalized spacial score (nSPS) is 19.9. The van der Waals surface area contributed by atoms with Gasteiger partial charge in [0.15, 0.2) is 11.6 Å². The summed E-state index contributed by atoms with van der Waals surface area (Å²) in [5, 5.41) is 16.4. The molecule has 4 aromatic rings. The Morgan fingerprint density at radius 1 is 1.13 bits per heavy atom. The first-order valence-electron chi connectivity index (χ1n) is 12.8. The van der Waals surface area contributed by atoms with Crippen LogP contribution < -0.4 is 10.1 Å². The van der Waals surface area contributed by atoms with Gasteiger partial charge in [-0.1, -0.05) is 23.7 Å². The molecule has 38 heavy (non-hydrogen) atoms. The van der Waals surface area contributed by atoms with Crippen LogP contribution in [0.4, 0.5) is 16.0 Å². The predicted molar refractivity (Wildman–Crippen MR) is 143 cm³/mol. The molecular weight excluding hydrogens is 507 g/mol. The molecule has 0 radical (unpaired) electrons. The van der Waals surface area contributed by atoms with E-state index in [9.17, 15) is 4.39 Å². The lowest BCUT2D eigenvalue weighted by atomic mass is 9.70. The van der Waals surface area contributed by atoms with Crippen LogP contribution in [0.3, 0.4) is 0 Å². The highest BCUT2D eigenvalue weighted by Gasteiger charge is 2.42. The standard InChI is InChI=1S/C28H32ClFN6O2/c1-18-34-35-26(37-18)28(14-11-20(12-15-28)38-22-9-6-8-21(29)25(22)30)17-19-7-5-10-23(32-19)33-24-13-16-31-36(24)27(2,3)4/h5-10,13,16,20H,11-12,14-15,17H2,1-4H3,(H,32,33)/t20-,28+. The monoisotopic (exact) mass is 538 g/mol. The molecule has 5 rings (SSSR count). The fourth-order valence-electron chi connectivity index (χ4n) is 5.05. The van der Waals surface area contributed by atoms with Crippen molar-refractivity contribution in [1.82, 2.24) is 25.0 Å². The Balaban J connectivity index is 1.35. The average molecular weight is 539 g/mol. The molecule has 0 atom stereocenters. The minimum absolute atomic E-state index is 0.0547. The molecule has 0 amide bonds. The molecule has 1 saturated carbocycles. The number of hydrogen-bond donors (Lipinski definition) is 1. The zero-order chi connectivity index (χ0) is 26.9. The fraction of sp³-hybridized carbons (Fsp3) is 0.429. The highest BCUT2D eigenvalue weighted by atomic mass is 35.5. The molecule has 0 aliphatic heterocycles. The maximum absolute atomic E-state index is 14.4. The summed E-state index contributed by atoms with van der Waals surface area (Å²) in [6, 6.07) is 12.7. The maximum Gasteiger partial charge on any atom is 0.223 e. The van der Waals surface area contributed by atoms with E-state index < -0.39 is 11.2 Å². The molecule has 10 heteroatoms. The molecule has 8 nitrogen and oxygen atoms in total. The Kier molecular flexibility index (Phi) is 7.13. The van der Waals surface area contributed by atoms with Crippen molar-refractivity contribution >= 4 is 23.2 Å². The average Bonchev–Trinajstić information content (AvgIpc) is 3.53. The van der Waals surface area contributed by atoms with E-state index in [-0.39, 0.29) is 22.4 Å². The molecule has 200 valence electrons. The smallest absolute Gasteiger partial charge is 0.223 e. The van der Waals surface area contributed by atoms with E-state index in [1.54, 1.807) is 25.3 Å². The SMILES string of the molecule is Cc1nnc([C@]2(Cc3cccc(Nc4ccnn4C(C)(C)C)n3)CC[C@H](Oc3cccc(Cl)c3F)CC2)o1. The zero-order valence-electron chi connectivity index (χ0n) is 22.0. The van der Waals surface area contributed by atoms with Crippen LogP contribution in [0.1, 0.15) is 63.9 Å². The molecule has 0 bridgehead atoms. The first-order valence-corrected chi connectivity index (χ1v) is 13.2. The summed E-state index contributed by atoms with van der Waals surface area (Å²) in [5.74, 6) is 2.39. The van der Waals surface area contributed by atoms with Crippen molar-refractivity contribution in [1.29, 1.82) is 0 Å². The number of pyridine rings is 1. The number of aryl methyl sites for hydroxylation is 1. The highest BCUT2D eigenvalue weighted by molar-refractivity contribution is 6.30. The van der Waals surface area contributed by atoms with Gasteiger partial charge < -0.3 is 14.5 Å². The van der Waals surface area contributed by atoms with Gasteiger partial charge in [-0.2, -0.15) is 5.10 Å². The van der Waals surface area contributed by atoms with Crippen molar-refractivity contribution in [3.8, 4) is 5.75 Å².